The predicted molar refractivity (Wildman–Crippen MR) is 63.6 cm³/mol. The average molecular weight is 276 g/mol. The van der Waals surface area contributed by atoms with Crippen molar-refractivity contribution in [2.75, 3.05) is 6.54 Å². The lowest BCUT2D eigenvalue weighted by Gasteiger charge is -2.00. The monoisotopic (exact) mass is 275 g/mol. The predicted octanol–water partition coefficient (Wildman–Crippen LogP) is 2.97. The Morgan fingerprint density at radius 1 is 1.57 bits per heavy atom. The minimum Gasteiger partial charge on any atom is -0.312 e. The van der Waals surface area contributed by atoms with Gasteiger partial charge in [-0.05, 0) is 48.0 Å². The largest absolute Gasteiger partial charge is 0.312 e. The summed E-state index contributed by atoms with van der Waals surface area (Å²) in [6.07, 6.45) is 1.61. The van der Waals surface area contributed by atoms with Gasteiger partial charge in [0, 0.05) is 17.8 Å². The molecule has 0 saturated carbocycles. The quantitative estimate of drug-likeness (QED) is 0.809. The second kappa shape index (κ2) is 6.32. The molecule has 0 aliphatic rings. The first-order chi connectivity index (χ1) is 6.68. The summed E-state index contributed by atoms with van der Waals surface area (Å²) in [7, 11) is 0. The maximum absolute atomic E-state index is 10.6. The van der Waals surface area contributed by atoms with Crippen molar-refractivity contribution in [1.29, 1.82) is 0 Å². The van der Waals surface area contributed by atoms with Gasteiger partial charge in [-0.2, -0.15) is 0 Å². The highest BCUT2D eigenvalue weighted by atomic mass is 79.9. The van der Waals surface area contributed by atoms with Gasteiger partial charge in [0.15, 0.2) is 0 Å². The Bertz CT molecular complexity index is 298. The van der Waals surface area contributed by atoms with E-state index >= 15 is 0 Å². The van der Waals surface area contributed by atoms with Crippen LogP contribution >= 0.6 is 27.3 Å². The van der Waals surface area contributed by atoms with Crippen molar-refractivity contribution in [1.82, 2.24) is 5.32 Å². The Labute approximate surface area is 96.8 Å². The summed E-state index contributed by atoms with van der Waals surface area (Å²) < 4.78 is 1.16. The number of rotatable bonds is 6. The van der Waals surface area contributed by atoms with Crippen LogP contribution in [0, 0.1) is 0 Å². The molecule has 0 aliphatic carbocycles. The molecule has 14 heavy (non-hydrogen) atoms. The highest BCUT2D eigenvalue weighted by Crippen LogP contribution is 2.21. The fourth-order valence-corrected chi connectivity index (χ4v) is 2.57. The molecule has 1 heterocycles. The molecule has 0 atom stereocenters. The molecule has 1 aromatic rings. The third kappa shape index (κ3) is 4.88. The molecule has 0 aliphatic heterocycles. The molecule has 2 nitrogen and oxygen atoms in total. The zero-order chi connectivity index (χ0) is 10.4. The molecule has 4 heteroatoms. The van der Waals surface area contributed by atoms with Gasteiger partial charge in [-0.3, -0.25) is 0 Å². The number of halogens is 1. The van der Waals surface area contributed by atoms with Crippen LogP contribution in [0.1, 0.15) is 24.6 Å². The Morgan fingerprint density at radius 2 is 2.36 bits per heavy atom. The van der Waals surface area contributed by atoms with E-state index in [1.807, 2.05) is 0 Å². The van der Waals surface area contributed by atoms with Gasteiger partial charge in [0.05, 0.1) is 3.79 Å². The fraction of sp³-hybridized carbons (Fsp3) is 0.500. The molecule has 78 valence electrons. The van der Waals surface area contributed by atoms with Crippen molar-refractivity contribution in [2.45, 2.75) is 26.3 Å². The Hall–Kier alpha value is -0.190. The zero-order valence-corrected chi connectivity index (χ0v) is 10.6. The van der Waals surface area contributed by atoms with E-state index in [4.69, 9.17) is 0 Å². The first kappa shape index (κ1) is 11.9. The number of carbonyl (C=O) groups excluding carboxylic acids is 1. The van der Waals surface area contributed by atoms with Crippen molar-refractivity contribution in [3.63, 3.8) is 0 Å². The number of hydrogen-bond acceptors (Lipinski definition) is 3. The van der Waals surface area contributed by atoms with E-state index in [1.165, 1.54) is 4.88 Å². The first-order valence-corrected chi connectivity index (χ1v) is 6.24. The molecule has 1 rings (SSSR count). The fourth-order valence-electron chi connectivity index (χ4n) is 1.12. The summed E-state index contributed by atoms with van der Waals surface area (Å²) in [6.45, 7) is 3.44. The van der Waals surface area contributed by atoms with E-state index < -0.39 is 0 Å². The third-order valence-electron chi connectivity index (χ3n) is 1.81. The van der Waals surface area contributed by atoms with E-state index in [2.05, 4.69) is 33.4 Å². The molecule has 0 fully saturated rings. The maximum atomic E-state index is 10.6. The first-order valence-electron chi connectivity index (χ1n) is 4.63. The van der Waals surface area contributed by atoms with Gasteiger partial charge in [-0.15, -0.1) is 11.3 Å². The van der Waals surface area contributed by atoms with Gasteiger partial charge in [-0.1, -0.05) is 0 Å². The van der Waals surface area contributed by atoms with Crippen molar-refractivity contribution in [3.8, 4) is 0 Å². The summed E-state index contributed by atoms with van der Waals surface area (Å²) >= 11 is 5.16. The molecule has 1 aromatic heterocycles. The van der Waals surface area contributed by atoms with Crippen molar-refractivity contribution >= 4 is 33.0 Å². The Balaban J connectivity index is 2.07. The van der Waals surface area contributed by atoms with Gasteiger partial charge in [0.25, 0.3) is 0 Å². The average Bonchev–Trinajstić information content (AvgIpc) is 2.50. The van der Waals surface area contributed by atoms with Crippen LogP contribution in [0.25, 0.3) is 0 Å². The van der Waals surface area contributed by atoms with Crippen molar-refractivity contribution in [3.05, 3.63) is 20.8 Å². The molecule has 0 radical (unpaired) electrons. The van der Waals surface area contributed by atoms with Crippen molar-refractivity contribution < 1.29 is 4.79 Å². The maximum Gasteiger partial charge on any atom is 0.129 e. The van der Waals surface area contributed by atoms with Gasteiger partial charge >= 0.3 is 0 Å². The highest BCUT2D eigenvalue weighted by Gasteiger charge is 1.97. The van der Waals surface area contributed by atoms with E-state index in [0.717, 1.165) is 23.3 Å². The van der Waals surface area contributed by atoms with Crippen LogP contribution in [0.15, 0.2) is 15.9 Å². The number of hydrogen-bond donors (Lipinski definition) is 1. The Kier molecular flexibility index (Phi) is 5.37. The number of thiophene rings is 1. The molecular formula is C10H14BrNOS. The third-order valence-corrected chi connectivity index (χ3v) is 3.43. The van der Waals surface area contributed by atoms with Gasteiger partial charge in [0.1, 0.15) is 5.78 Å². The molecule has 0 saturated heterocycles. The second-order valence-corrected chi connectivity index (χ2v) is 5.74. The number of carbonyl (C=O) groups is 1. The van der Waals surface area contributed by atoms with Gasteiger partial charge in [0.2, 0.25) is 0 Å². The van der Waals surface area contributed by atoms with Crippen LogP contribution < -0.4 is 5.32 Å². The number of Topliss-reactive ketones (excluding diaryl/α,β-unsaturated/α-hetero) is 1. The normalized spacial score (nSPS) is 10.4. The van der Waals surface area contributed by atoms with Crippen LogP contribution in [0.2, 0.25) is 0 Å². The molecule has 0 aromatic carbocycles. The van der Waals surface area contributed by atoms with Crippen LogP contribution in [-0.2, 0) is 11.3 Å². The van der Waals surface area contributed by atoms with E-state index in [-0.39, 0.29) is 5.78 Å². The second-order valence-electron chi connectivity index (χ2n) is 3.19. The summed E-state index contributed by atoms with van der Waals surface area (Å²) in [5.74, 6) is 0.269. The lowest BCUT2D eigenvalue weighted by atomic mass is 10.2. The summed E-state index contributed by atoms with van der Waals surface area (Å²) in [4.78, 5) is 12.0. The van der Waals surface area contributed by atoms with E-state index in [0.29, 0.717) is 6.42 Å². The number of ketones is 1. The summed E-state index contributed by atoms with van der Waals surface area (Å²) in [5.41, 5.74) is 0. The summed E-state index contributed by atoms with van der Waals surface area (Å²) in [5, 5.41) is 3.31. The molecular weight excluding hydrogens is 262 g/mol. The molecule has 0 unspecified atom stereocenters. The van der Waals surface area contributed by atoms with Crippen LogP contribution in [0.3, 0.4) is 0 Å². The topological polar surface area (TPSA) is 29.1 Å². The lowest BCUT2D eigenvalue weighted by molar-refractivity contribution is -0.117. The summed E-state index contributed by atoms with van der Waals surface area (Å²) in [6, 6.07) is 4.16. The minimum atomic E-state index is 0.269. The van der Waals surface area contributed by atoms with Crippen LogP contribution in [0.4, 0.5) is 0 Å². The van der Waals surface area contributed by atoms with Crippen LogP contribution in [-0.4, -0.2) is 12.3 Å². The van der Waals surface area contributed by atoms with Gasteiger partial charge < -0.3 is 10.1 Å². The van der Waals surface area contributed by atoms with E-state index in [1.54, 1.807) is 18.3 Å². The zero-order valence-electron chi connectivity index (χ0n) is 8.18. The molecule has 0 bridgehead atoms. The molecule has 0 spiro atoms. The van der Waals surface area contributed by atoms with Crippen LogP contribution in [0.5, 0.6) is 0 Å². The molecule has 1 N–H and O–H groups in total. The van der Waals surface area contributed by atoms with Gasteiger partial charge in [-0.25, -0.2) is 0 Å². The standard InChI is InChI=1S/C10H14BrNOS/c1-8(13)3-2-6-12-7-9-4-5-10(11)14-9/h4-5,12H,2-3,6-7H2,1H3. The minimum absolute atomic E-state index is 0.269. The van der Waals surface area contributed by atoms with Crippen molar-refractivity contribution in [2.24, 2.45) is 0 Å². The molecule has 0 amide bonds. The smallest absolute Gasteiger partial charge is 0.129 e. The lowest BCUT2D eigenvalue weighted by Crippen LogP contribution is -2.14. The number of nitrogens with one attached hydrogen (secondary N) is 1. The SMILES string of the molecule is CC(=O)CCCNCc1ccc(Br)s1. The Morgan fingerprint density at radius 3 is 2.93 bits per heavy atom. The van der Waals surface area contributed by atoms with E-state index in [9.17, 15) is 4.79 Å². The highest BCUT2D eigenvalue weighted by molar-refractivity contribution is 9.11.